The number of nitrogens with two attached hydrogens (primary N) is 4. The van der Waals surface area contributed by atoms with E-state index in [-0.39, 0.29) is 44.3 Å². The van der Waals surface area contributed by atoms with Gasteiger partial charge in [0, 0.05) is 19.3 Å². The highest BCUT2D eigenvalue weighted by Gasteiger charge is 2.30. The molecule has 0 radical (unpaired) electrons. The molecule has 40 heavy (non-hydrogen) atoms. The highest BCUT2D eigenvalue weighted by atomic mass is 16.4. The van der Waals surface area contributed by atoms with Crippen LogP contribution in [0.4, 0.5) is 0 Å². The predicted molar refractivity (Wildman–Crippen MR) is 143 cm³/mol. The molecule has 0 aromatic heterocycles. The van der Waals surface area contributed by atoms with Gasteiger partial charge in [-0.05, 0) is 56.3 Å². The number of aromatic hydroxyl groups is 1. The highest BCUT2D eigenvalue weighted by molar-refractivity contribution is 5.94. The van der Waals surface area contributed by atoms with Crippen molar-refractivity contribution in [3.8, 4) is 5.75 Å². The first kappa shape index (κ1) is 33.8. The zero-order chi connectivity index (χ0) is 30.2. The maximum Gasteiger partial charge on any atom is 0.326 e. The zero-order valence-corrected chi connectivity index (χ0v) is 22.1. The first-order valence-corrected chi connectivity index (χ1v) is 12.8. The Morgan fingerprint density at radius 1 is 0.725 bits per heavy atom. The Balaban J connectivity index is 3.13. The SMILES string of the molecule is NCCCCC(NC(=O)C(Cc1ccc(O)cc1)NC(=O)C(N)CCC(N)=O)C(=O)NC(CCC(N)=O)C(=O)O. The normalized spacial score (nSPS) is 13.8. The van der Waals surface area contributed by atoms with Crippen LogP contribution in [-0.4, -0.2) is 76.4 Å². The van der Waals surface area contributed by atoms with Gasteiger partial charge in [-0.2, -0.15) is 0 Å². The first-order chi connectivity index (χ1) is 18.8. The fourth-order valence-electron chi connectivity index (χ4n) is 3.63. The van der Waals surface area contributed by atoms with Gasteiger partial charge in [0.1, 0.15) is 23.9 Å². The Morgan fingerprint density at radius 3 is 1.80 bits per heavy atom. The molecule has 0 saturated carbocycles. The van der Waals surface area contributed by atoms with Gasteiger partial charge in [0.25, 0.3) is 0 Å². The Bertz CT molecular complexity index is 1030. The van der Waals surface area contributed by atoms with Gasteiger partial charge >= 0.3 is 5.97 Å². The number of carboxylic acids is 1. The van der Waals surface area contributed by atoms with Crippen LogP contribution in [0, 0.1) is 0 Å². The van der Waals surface area contributed by atoms with E-state index < -0.39 is 59.7 Å². The lowest BCUT2D eigenvalue weighted by Crippen LogP contribution is -2.57. The van der Waals surface area contributed by atoms with Crippen LogP contribution in [0.2, 0.25) is 0 Å². The van der Waals surface area contributed by atoms with Gasteiger partial charge in [-0.25, -0.2) is 4.79 Å². The van der Waals surface area contributed by atoms with Crippen LogP contribution in [0.25, 0.3) is 0 Å². The summed E-state index contributed by atoms with van der Waals surface area (Å²) in [4.78, 5) is 72.8. The monoisotopic (exact) mass is 565 g/mol. The molecule has 15 heteroatoms. The summed E-state index contributed by atoms with van der Waals surface area (Å²) >= 11 is 0. The van der Waals surface area contributed by atoms with Crippen LogP contribution in [-0.2, 0) is 35.2 Å². The standard InChI is InChI=1S/C25H39N7O8/c26-12-2-1-3-17(23(37)31-18(25(39)40)9-11-21(29)35)30-24(38)19(13-14-4-6-15(33)7-5-14)32-22(36)16(27)8-10-20(28)34/h4-7,16-19,33H,1-3,8-13,26-27H2,(H2,28,34)(H2,29,35)(H,30,38)(H,31,37)(H,32,36)(H,39,40). The summed E-state index contributed by atoms with van der Waals surface area (Å²) in [6.45, 7) is 0.321. The number of benzene rings is 1. The number of phenolic OH excluding ortho intramolecular Hbond substituents is 1. The molecule has 222 valence electrons. The summed E-state index contributed by atoms with van der Waals surface area (Å²) in [5.41, 5.74) is 22.1. The van der Waals surface area contributed by atoms with Gasteiger partial charge < -0.3 is 49.1 Å². The van der Waals surface area contributed by atoms with Crippen molar-refractivity contribution >= 4 is 35.5 Å². The third-order valence-electron chi connectivity index (χ3n) is 5.92. The van der Waals surface area contributed by atoms with E-state index in [1.165, 1.54) is 24.3 Å². The number of carbonyl (C=O) groups excluding carboxylic acids is 5. The Morgan fingerprint density at radius 2 is 1.25 bits per heavy atom. The number of carboxylic acid groups (broad SMARTS) is 1. The van der Waals surface area contributed by atoms with E-state index in [4.69, 9.17) is 22.9 Å². The van der Waals surface area contributed by atoms with Crippen LogP contribution in [0.1, 0.15) is 50.5 Å². The molecule has 1 aromatic rings. The van der Waals surface area contributed by atoms with E-state index in [2.05, 4.69) is 16.0 Å². The van der Waals surface area contributed by atoms with Crippen molar-refractivity contribution in [2.45, 2.75) is 75.5 Å². The summed E-state index contributed by atoms with van der Waals surface area (Å²) in [6, 6.07) is 0.867. The van der Waals surface area contributed by atoms with Gasteiger partial charge in [-0.1, -0.05) is 12.1 Å². The number of amides is 5. The lowest BCUT2D eigenvalue weighted by atomic mass is 10.0. The van der Waals surface area contributed by atoms with E-state index in [1.807, 2.05) is 0 Å². The summed E-state index contributed by atoms with van der Waals surface area (Å²) in [5.74, 6) is -5.09. The fraction of sp³-hybridized carbons (Fsp3) is 0.520. The summed E-state index contributed by atoms with van der Waals surface area (Å²) < 4.78 is 0. The van der Waals surface area contributed by atoms with Crippen LogP contribution < -0.4 is 38.9 Å². The molecule has 0 aliphatic carbocycles. The molecule has 0 aliphatic heterocycles. The molecule has 0 fully saturated rings. The second-order valence-electron chi connectivity index (χ2n) is 9.29. The molecule has 1 rings (SSSR count). The number of carbonyl (C=O) groups is 6. The van der Waals surface area contributed by atoms with Crippen molar-refractivity contribution < 1.29 is 39.0 Å². The molecule has 5 amide bonds. The number of phenols is 1. The number of hydrogen-bond donors (Lipinski definition) is 9. The summed E-state index contributed by atoms with van der Waals surface area (Å²) in [7, 11) is 0. The second kappa shape index (κ2) is 17.4. The van der Waals surface area contributed by atoms with Gasteiger partial charge in [0.2, 0.25) is 29.5 Å². The molecule has 0 heterocycles. The van der Waals surface area contributed by atoms with E-state index in [1.54, 1.807) is 0 Å². The molecule has 0 saturated heterocycles. The van der Waals surface area contributed by atoms with Crippen molar-refractivity contribution in [3.05, 3.63) is 29.8 Å². The molecule has 0 bridgehead atoms. The topological polar surface area (TPSA) is 283 Å². The molecule has 4 atom stereocenters. The van der Waals surface area contributed by atoms with Gasteiger partial charge in [-0.3, -0.25) is 24.0 Å². The molecule has 4 unspecified atom stereocenters. The van der Waals surface area contributed by atoms with E-state index >= 15 is 0 Å². The molecule has 15 nitrogen and oxygen atoms in total. The van der Waals surface area contributed by atoms with Crippen molar-refractivity contribution in [2.75, 3.05) is 6.54 Å². The Hall–Kier alpha value is -4.24. The minimum atomic E-state index is -1.43. The van der Waals surface area contributed by atoms with Gasteiger partial charge in [-0.15, -0.1) is 0 Å². The third-order valence-corrected chi connectivity index (χ3v) is 5.92. The molecule has 13 N–H and O–H groups in total. The van der Waals surface area contributed by atoms with Crippen LogP contribution >= 0.6 is 0 Å². The van der Waals surface area contributed by atoms with Crippen LogP contribution in [0.15, 0.2) is 24.3 Å². The average Bonchev–Trinajstić information content (AvgIpc) is 2.89. The maximum absolute atomic E-state index is 13.3. The largest absolute Gasteiger partial charge is 0.508 e. The van der Waals surface area contributed by atoms with Crippen molar-refractivity contribution in [1.29, 1.82) is 0 Å². The zero-order valence-electron chi connectivity index (χ0n) is 22.1. The Kier molecular flexibility index (Phi) is 14.7. The van der Waals surface area contributed by atoms with Crippen molar-refractivity contribution in [1.82, 2.24) is 16.0 Å². The van der Waals surface area contributed by atoms with E-state index in [0.717, 1.165) is 0 Å². The molecular formula is C25H39N7O8. The molecular weight excluding hydrogens is 526 g/mol. The number of rotatable bonds is 19. The number of aliphatic carboxylic acids is 1. The summed E-state index contributed by atoms with van der Waals surface area (Å²) in [6.07, 6.45) is 0.268. The fourth-order valence-corrected chi connectivity index (χ4v) is 3.63. The maximum atomic E-state index is 13.3. The molecule has 1 aromatic carbocycles. The molecule has 0 spiro atoms. The smallest absolute Gasteiger partial charge is 0.326 e. The quantitative estimate of drug-likeness (QED) is 0.0792. The van der Waals surface area contributed by atoms with Crippen molar-refractivity contribution in [3.63, 3.8) is 0 Å². The molecule has 0 aliphatic rings. The number of primary amides is 2. The minimum Gasteiger partial charge on any atom is -0.508 e. The van der Waals surface area contributed by atoms with Gasteiger partial charge in [0.05, 0.1) is 6.04 Å². The average molecular weight is 566 g/mol. The van der Waals surface area contributed by atoms with Gasteiger partial charge in [0.15, 0.2) is 0 Å². The third kappa shape index (κ3) is 13.0. The minimum absolute atomic E-state index is 0.0109. The van der Waals surface area contributed by atoms with E-state index in [0.29, 0.717) is 24.9 Å². The van der Waals surface area contributed by atoms with Crippen LogP contribution in [0.5, 0.6) is 5.75 Å². The summed E-state index contributed by atoms with van der Waals surface area (Å²) in [5, 5.41) is 26.4. The van der Waals surface area contributed by atoms with E-state index in [9.17, 15) is 39.0 Å². The van der Waals surface area contributed by atoms with Crippen LogP contribution in [0.3, 0.4) is 0 Å². The van der Waals surface area contributed by atoms with Crippen molar-refractivity contribution in [2.24, 2.45) is 22.9 Å². The number of hydrogen-bond acceptors (Lipinski definition) is 9. The number of nitrogens with one attached hydrogen (secondary N) is 3. The Labute approximate surface area is 231 Å². The predicted octanol–water partition coefficient (Wildman–Crippen LogP) is -2.54. The lowest BCUT2D eigenvalue weighted by Gasteiger charge is -2.25. The first-order valence-electron chi connectivity index (χ1n) is 12.8. The number of unbranched alkanes of at least 4 members (excludes halogenated alkanes) is 1. The highest BCUT2D eigenvalue weighted by Crippen LogP contribution is 2.12. The lowest BCUT2D eigenvalue weighted by molar-refractivity contribution is -0.142. The second-order valence-corrected chi connectivity index (χ2v) is 9.29.